The van der Waals surface area contributed by atoms with E-state index in [2.05, 4.69) is 15.7 Å². The van der Waals surface area contributed by atoms with Crippen LogP contribution < -0.4 is 10.6 Å². The number of hydrogen-bond donors (Lipinski definition) is 2. The fraction of sp³-hybridized carbons (Fsp3) is 0.368. The van der Waals surface area contributed by atoms with Crippen molar-refractivity contribution in [2.45, 2.75) is 38.5 Å². The normalized spacial score (nSPS) is 21.9. The summed E-state index contributed by atoms with van der Waals surface area (Å²) in [5.74, 6) is -0.818. The lowest BCUT2D eigenvalue weighted by Crippen LogP contribution is -2.52. The zero-order chi connectivity index (χ0) is 18.5. The van der Waals surface area contributed by atoms with Crippen molar-refractivity contribution < 1.29 is 14.4 Å². The van der Waals surface area contributed by atoms with Gasteiger partial charge in [-0.05, 0) is 23.6 Å². The van der Waals surface area contributed by atoms with Gasteiger partial charge in [-0.2, -0.15) is 5.10 Å². The molecule has 2 N–H and O–H groups in total. The Morgan fingerprint density at radius 3 is 2.81 bits per heavy atom. The third-order valence-corrected chi connectivity index (χ3v) is 5.61. The van der Waals surface area contributed by atoms with Crippen LogP contribution in [-0.2, 0) is 29.2 Å². The highest BCUT2D eigenvalue weighted by atomic mass is 16.2. The Kier molecular flexibility index (Phi) is 3.61. The van der Waals surface area contributed by atoms with Gasteiger partial charge in [-0.15, -0.1) is 0 Å². The van der Waals surface area contributed by atoms with Gasteiger partial charge in [-0.1, -0.05) is 12.1 Å². The highest BCUT2D eigenvalue weighted by Crippen LogP contribution is 2.36. The van der Waals surface area contributed by atoms with E-state index in [9.17, 15) is 14.4 Å². The van der Waals surface area contributed by atoms with Crippen LogP contribution in [0.1, 0.15) is 34.5 Å². The number of benzene rings is 1. The number of fused-ring (bicyclic) bond motifs is 2. The molecule has 4 heterocycles. The molecule has 138 valence electrons. The highest BCUT2D eigenvalue weighted by Gasteiger charge is 2.40. The second-order valence-corrected chi connectivity index (χ2v) is 7.14. The number of hydrogen-bond acceptors (Lipinski definition) is 5. The first-order chi connectivity index (χ1) is 13.1. The van der Waals surface area contributed by atoms with Crippen LogP contribution in [-0.4, -0.2) is 45.0 Å². The zero-order valence-corrected chi connectivity index (χ0v) is 14.7. The standard InChI is InChI=1S/C19H19N5O3/c25-17-5-4-15(18(26)22-17)23-10-14-11(2-1-3-12(14)19(23)27)13-8-21-24-7-6-20-9-16(13)24/h1-3,8,15,20H,4-7,9-10H2,(H,22,25,26). The number of aromatic nitrogens is 2. The topological polar surface area (TPSA) is 96.3 Å². The lowest BCUT2D eigenvalue weighted by Gasteiger charge is -2.29. The van der Waals surface area contributed by atoms with Crippen molar-refractivity contribution in [1.82, 2.24) is 25.3 Å². The van der Waals surface area contributed by atoms with Crippen LogP contribution in [0, 0.1) is 0 Å². The molecule has 1 unspecified atom stereocenters. The van der Waals surface area contributed by atoms with E-state index >= 15 is 0 Å². The largest absolute Gasteiger partial charge is 0.322 e. The van der Waals surface area contributed by atoms with E-state index in [-0.39, 0.29) is 24.1 Å². The lowest BCUT2D eigenvalue weighted by atomic mass is 9.97. The van der Waals surface area contributed by atoms with E-state index in [1.165, 1.54) is 0 Å². The molecule has 27 heavy (non-hydrogen) atoms. The Balaban J connectivity index is 1.52. The van der Waals surface area contributed by atoms with Crippen molar-refractivity contribution in [1.29, 1.82) is 0 Å². The van der Waals surface area contributed by atoms with E-state index < -0.39 is 6.04 Å². The molecule has 3 amide bonds. The molecule has 1 aromatic carbocycles. The van der Waals surface area contributed by atoms with Crippen LogP contribution in [0.25, 0.3) is 11.1 Å². The maximum Gasteiger partial charge on any atom is 0.255 e. The summed E-state index contributed by atoms with van der Waals surface area (Å²) in [7, 11) is 0. The predicted octanol–water partition coefficient (Wildman–Crippen LogP) is 0.414. The van der Waals surface area contributed by atoms with Gasteiger partial charge in [0.1, 0.15) is 6.04 Å². The summed E-state index contributed by atoms with van der Waals surface area (Å²) in [6, 6.07) is 5.09. The van der Waals surface area contributed by atoms with Crippen LogP contribution in [0.3, 0.4) is 0 Å². The molecule has 0 aliphatic carbocycles. The van der Waals surface area contributed by atoms with E-state index in [0.717, 1.165) is 42.0 Å². The number of nitrogens with one attached hydrogen (secondary N) is 2. The van der Waals surface area contributed by atoms with E-state index in [1.807, 2.05) is 23.0 Å². The second-order valence-electron chi connectivity index (χ2n) is 7.14. The van der Waals surface area contributed by atoms with Gasteiger partial charge in [0.05, 0.1) is 18.4 Å². The molecule has 0 radical (unpaired) electrons. The summed E-state index contributed by atoms with van der Waals surface area (Å²) in [4.78, 5) is 38.2. The van der Waals surface area contributed by atoms with Crippen molar-refractivity contribution in [3.05, 3.63) is 41.2 Å². The van der Waals surface area contributed by atoms with Crippen LogP contribution in [0.2, 0.25) is 0 Å². The first kappa shape index (κ1) is 16.2. The van der Waals surface area contributed by atoms with Gasteiger partial charge in [0, 0.05) is 37.2 Å². The third-order valence-electron chi connectivity index (χ3n) is 5.61. The number of carbonyl (C=O) groups excluding carboxylic acids is 3. The van der Waals surface area contributed by atoms with Gasteiger partial charge in [0.2, 0.25) is 11.8 Å². The Morgan fingerprint density at radius 2 is 1.96 bits per heavy atom. The third kappa shape index (κ3) is 2.48. The molecule has 0 bridgehead atoms. The van der Waals surface area contributed by atoms with Gasteiger partial charge >= 0.3 is 0 Å². The van der Waals surface area contributed by atoms with Crippen molar-refractivity contribution in [2.24, 2.45) is 0 Å². The maximum atomic E-state index is 13.0. The molecule has 0 saturated carbocycles. The average molecular weight is 365 g/mol. The fourth-order valence-electron chi connectivity index (χ4n) is 4.24. The SMILES string of the molecule is O=C1CCC(N2Cc3c(cccc3-c3cnn4c3CNCC4)C2=O)C(=O)N1. The average Bonchev–Trinajstić information content (AvgIpc) is 3.24. The maximum absolute atomic E-state index is 13.0. The molecule has 0 spiro atoms. The second kappa shape index (κ2) is 6.02. The number of piperidine rings is 1. The van der Waals surface area contributed by atoms with Gasteiger partial charge in [0.15, 0.2) is 0 Å². The molecular weight excluding hydrogens is 346 g/mol. The van der Waals surface area contributed by atoms with Crippen LogP contribution in [0.5, 0.6) is 0 Å². The Morgan fingerprint density at radius 1 is 1.11 bits per heavy atom. The molecule has 3 aliphatic rings. The predicted molar refractivity (Wildman–Crippen MR) is 95.4 cm³/mol. The van der Waals surface area contributed by atoms with Gasteiger partial charge in [-0.3, -0.25) is 24.4 Å². The minimum absolute atomic E-state index is 0.152. The molecular formula is C19H19N5O3. The summed E-state index contributed by atoms with van der Waals surface area (Å²) in [6.07, 6.45) is 2.48. The van der Waals surface area contributed by atoms with E-state index in [1.54, 1.807) is 11.0 Å². The number of carbonyl (C=O) groups is 3. The number of rotatable bonds is 2. The monoisotopic (exact) mass is 365 g/mol. The molecule has 1 fully saturated rings. The number of nitrogens with zero attached hydrogens (tertiary/aromatic N) is 3. The van der Waals surface area contributed by atoms with Crippen LogP contribution >= 0.6 is 0 Å². The highest BCUT2D eigenvalue weighted by molar-refractivity contribution is 6.06. The summed E-state index contributed by atoms with van der Waals surface area (Å²) < 4.78 is 2.00. The summed E-state index contributed by atoms with van der Waals surface area (Å²) >= 11 is 0. The van der Waals surface area contributed by atoms with Crippen molar-refractivity contribution in [3.8, 4) is 11.1 Å². The minimum Gasteiger partial charge on any atom is -0.322 e. The first-order valence-corrected chi connectivity index (χ1v) is 9.16. The smallest absolute Gasteiger partial charge is 0.255 e. The molecule has 5 rings (SSSR count). The summed E-state index contributed by atoms with van der Waals surface area (Å²) in [5, 5.41) is 10.2. The van der Waals surface area contributed by atoms with Gasteiger partial charge < -0.3 is 10.2 Å². The molecule has 3 aliphatic heterocycles. The molecule has 8 heteroatoms. The molecule has 1 aromatic heterocycles. The van der Waals surface area contributed by atoms with Gasteiger partial charge in [0.25, 0.3) is 5.91 Å². The minimum atomic E-state index is -0.599. The summed E-state index contributed by atoms with van der Waals surface area (Å²) in [5.41, 5.74) is 4.67. The molecule has 1 atom stereocenters. The Hall–Kier alpha value is -3.00. The van der Waals surface area contributed by atoms with Gasteiger partial charge in [-0.25, -0.2) is 0 Å². The Labute approximate surface area is 155 Å². The first-order valence-electron chi connectivity index (χ1n) is 9.16. The fourth-order valence-corrected chi connectivity index (χ4v) is 4.24. The number of amides is 3. The molecule has 2 aromatic rings. The van der Waals surface area contributed by atoms with Crippen LogP contribution in [0.4, 0.5) is 0 Å². The molecule has 8 nitrogen and oxygen atoms in total. The lowest BCUT2D eigenvalue weighted by molar-refractivity contribution is -0.136. The van der Waals surface area contributed by atoms with Crippen LogP contribution in [0.15, 0.2) is 24.4 Å². The van der Waals surface area contributed by atoms with Crippen molar-refractivity contribution in [3.63, 3.8) is 0 Å². The Bertz CT molecular complexity index is 980. The zero-order valence-electron chi connectivity index (χ0n) is 14.7. The van der Waals surface area contributed by atoms with Crippen molar-refractivity contribution in [2.75, 3.05) is 6.54 Å². The molecule has 1 saturated heterocycles. The summed E-state index contributed by atoms with van der Waals surface area (Å²) in [6.45, 7) is 2.83. The van der Waals surface area contributed by atoms with Crippen molar-refractivity contribution >= 4 is 17.7 Å². The quantitative estimate of drug-likeness (QED) is 0.752. The van der Waals surface area contributed by atoms with E-state index in [4.69, 9.17) is 0 Å². The number of imide groups is 1. The van der Waals surface area contributed by atoms with E-state index in [0.29, 0.717) is 18.5 Å².